The molecule has 19 heavy (non-hydrogen) atoms. The van der Waals surface area contributed by atoms with Crippen molar-refractivity contribution in [1.82, 2.24) is 5.32 Å². The summed E-state index contributed by atoms with van der Waals surface area (Å²) in [4.78, 5) is 24.9. The Hall–Kier alpha value is -1.56. The SMILES string of the molecule is CCOC(=O)c1cc(CC)sc1C(C)(C)NC(N)=O. The minimum absolute atomic E-state index is 0.319. The summed E-state index contributed by atoms with van der Waals surface area (Å²) in [5.41, 5.74) is 4.98. The van der Waals surface area contributed by atoms with Gasteiger partial charge in [0.05, 0.1) is 17.7 Å². The minimum atomic E-state index is -0.702. The maximum atomic E-state index is 12.0. The first-order valence-corrected chi connectivity index (χ1v) is 7.01. The van der Waals surface area contributed by atoms with Crippen molar-refractivity contribution in [2.24, 2.45) is 5.73 Å². The van der Waals surface area contributed by atoms with Crippen LogP contribution in [-0.2, 0) is 16.7 Å². The number of aryl methyl sites for hydroxylation is 1. The molecule has 0 bridgehead atoms. The van der Waals surface area contributed by atoms with Gasteiger partial charge in [-0.05, 0) is 33.3 Å². The van der Waals surface area contributed by atoms with Gasteiger partial charge >= 0.3 is 12.0 Å². The van der Waals surface area contributed by atoms with E-state index in [4.69, 9.17) is 10.5 Å². The molecule has 1 aromatic rings. The van der Waals surface area contributed by atoms with E-state index in [1.54, 1.807) is 6.92 Å². The largest absolute Gasteiger partial charge is 0.462 e. The third-order valence-corrected chi connectivity index (χ3v) is 4.23. The summed E-state index contributed by atoms with van der Waals surface area (Å²) >= 11 is 1.49. The molecular formula is C13H20N2O3S. The van der Waals surface area contributed by atoms with E-state index in [0.717, 1.165) is 16.2 Å². The number of thiophene rings is 1. The van der Waals surface area contributed by atoms with Gasteiger partial charge in [-0.15, -0.1) is 11.3 Å². The van der Waals surface area contributed by atoms with Gasteiger partial charge in [0.25, 0.3) is 0 Å². The molecule has 0 aliphatic carbocycles. The van der Waals surface area contributed by atoms with Gasteiger partial charge in [-0.1, -0.05) is 6.92 Å². The average molecular weight is 284 g/mol. The van der Waals surface area contributed by atoms with Crippen LogP contribution in [0, 0.1) is 0 Å². The molecule has 1 aromatic heterocycles. The third kappa shape index (κ3) is 3.70. The molecule has 0 aliphatic heterocycles. The van der Waals surface area contributed by atoms with Crippen LogP contribution in [0.5, 0.6) is 0 Å². The van der Waals surface area contributed by atoms with Gasteiger partial charge in [0.15, 0.2) is 0 Å². The Morgan fingerprint density at radius 3 is 2.53 bits per heavy atom. The smallest absolute Gasteiger partial charge is 0.339 e. The van der Waals surface area contributed by atoms with Gasteiger partial charge in [0.2, 0.25) is 0 Å². The third-order valence-electron chi connectivity index (χ3n) is 2.63. The summed E-state index contributed by atoms with van der Waals surface area (Å²) in [7, 11) is 0. The second-order valence-electron chi connectivity index (χ2n) is 4.64. The number of carbonyl (C=O) groups is 2. The van der Waals surface area contributed by atoms with Crippen molar-refractivity contribution in [1.29, 1.82) is 0 Å². The van der Waals surface area contributed by atoms with E-state index in [0.29, 0.717) is 12.2 Å². The van der Waals surface area contributed by atoms with Crippen LogP contribution in [0.2, 0.25) is 0 Å². The minimum Gasteiger partial charge on any atom is -0.462 e. The van der Waals surface area contributed by atoms with Gasteiger partial charge in [-0.25, -0.2) is 9.59 Å². The average Bonchev–Trinajstić information content (AvgIpc) is 2.72. The fourth-order valence-electron chi connectivity index (χ4n) is 1.81. The molecule has 0 saturated carbocycles. The Morgan fingerprint density at radius 1 is 1.42 bits per heavy atom. The zero-order chi connectivity index (χ0) is 14.6. The summed E-state index contributed by atoms with van der Waals surface area (Å²) < 4.78 is 5.05. The first kappa shape index (κ1) is 15.5. The zero-order valence-corrected chi connectivity index (χ0v) is 12.5. The topological polar surface area (TPSA) is 81.4 Å². The molecule has 0 saturated heterocycles. The standard InChI is InChI=1S/C13H20N2O3S/c1-5-8-7-9(11(16)18-6-2)10(19-8)13(3,4)15-12(14)17/h7H,5-6H2,1-4H3,(H3,14,15,17). The van der Waals surface area contributed by atoms with E-state index in [1.165, 1.54) is 11.3 Å². The highest BCUT2D eigenvalue weighted by atomic mass is 32.1. The monoisotopic (exact) mass is 284 g/mol. The van der Waals surface area contributed by atoms with Gasteiger partial charge in [0.1, 0.15) is 0 Å². The van der Waals surface area contributed by atoms with E-state index >= 15 is 0 Å². The first-order valence-electron chi connectivity index (χ1n) is 6.19. The fourth-order valence-corrected chi connectivity index (χ4v) is 2.95. The molecule has 0 fully saturated rings. The normalized spacial score (nSPS) is 11.2. The lowest BCUT2D eigenvalue weighted by Crippen LogP contribution is -2.44. The first-order chi connectivity index (χ1) is 8.81. The van der Waals surface area contributed by atoms with E-state index in [1.807, 2.05) is 26.8 Å². The van der Waals surface area contributed by atoms with Crippen molar-refractivity contribution >= 4 is 23.3 Å². The van der Waals surface area contributed by atoms with Crippen LogP contribution < -0.4 is 11.1 Å². The molecule has 0 aromatic carbocycles. The lowest BCUT2D eigenvalue weighted by Gasteiger charge is -2.25. The molecule has 5 nitrogen and oxygen atoms in total. The molecule has 0 spiro atoms. The zero-order valence-electron chi connectivity index (χ0n) is 11.7. The number of amides is 2. The lowest BCUT2D eigenvalue weighted by molar-refractivity contribution is 0.0523. The van der Waals surface area contributed by atoms with Crippen molar-refractivity contribution in [3.8, 4) is 0 Å². The summed E-state index contributed by atoms with van der Waals surface area (Å²) in [6, 6.07) is 1.20. The van der Waals surface area contributed by atoms with Crippen LogP contribution in [0.3, 0.4) is 0 Å². The number of nitrogens with one attached hydrogen (secondary N) is 1. The summed E-state index contributed by atoms with van der Waals surface area (Å²) in [6.45, 7) is 7.72. The van der Waals surface area contributed by atoms with Crippen molar-refractivity contribution < 1.29 is 14.3 Å². The van der Waals surface area contributed by atoms with E-state index < -0.39 is 11.6 Å². The second kappa shape index (κ2) is 6.06. The van der Waals surface area contributed by atoms with Crippen molar-refractivity contribution in [2.75, 3.05) is 6.61 Å². The number of rotatable bonds is 5. The number of ether oxygens (including phenoxy) is 1. The fraction of sp³-hybridized carbons (Fsp3) is 0.538. The highest BCUT2D eigenvalue weighted by molar-refractivity contribution is 7.12. The molecular weight excluding hydrogens is 264 g/mol. The lowest BCUT2D eigenvalue weighted by atomic mass is 9.99. The maximum absolute atomic E-state index is 12.0. The molecule has 6 heteroatoms. The molecule has 0 radical (unpaired) electrons. The summed E-state index contributed by atoms with van der Waals surface area (Å²) in [6.07, 6.45) is 0.823. The number of urea groups is 1. The predicted octanol–water partition coefficient (Wildman–Crippen LogP) is 2.39. The Labute approximate surface area is 117 Å². The number of esters is 1. The van der Waals surface area contributed by atoms with E-state index in [9.17, 15) is 9.59 Å². The molecule has 3 N–H and O–H groups in total. The van der Waals surface area contributed by atoms with E-state index in [2.05, 4.69) is 5.32 Å². The van der Waals surface area contributed by atoms with Gasteiger partial charge in [0, 0.05) is 9.75 Å². The van der Waals surface area contributed by atoms with Gasteiger partial charge < -0.3 is 15.8 Å². The van der Waals surface area contributed by atoms with Crippen LogP contribution in [0.4, 0.5) is 4.79 Å². The Morgan fingerprint density at radius 2 is 2.05 bits per heavy atom. The number of hydrogen-bond acceptors (Lipinski definition) is 4. The Kier molecular flexibility index (Phi) is 4.94. The molecule has 1 rings (SSSR count). The Balaban J connectivity index is 3.21. The number of nitrogens with two attached hydrogens (primary N) is 1. The molecule has 1 heterocycles. The quantitative estimate of drug-likeness (QED) is 0.814. The van der Waals surface area contributed by atoms with Gasteiger partial charge in [-0.3, -0.25) is 0 Å². The van der Waals surface area contributed by atoms with Crippen molar-refractivity contribution in [3.05, 3.63) is 21.4 Å². The van der Waals surface area contributed by atoms with Crippen LogP contribution >= 0.6 is 11.3 Å². The van der Waals surface area contributed by atoms with Crippen molar-refractivity contribution in [2.45, 2.75) is 39.7 Å². The molecule has 0 unspecified atom stereocenters. The van der Waals surface area contributed by atoms with Gasteiger partial charge in [-0.2, -0.15) is 0 Å². The van der Waals surface area contributed by atoms with Crippen LogP contribution in [-0.4, -0.2) is 18.6 Å². The van der Waals surface area contributed by atoms with Crippen LogP contribution in [0.1, 0.15) is 47.8 Å². The number of carbonyl (C=O) groups excluding carboxylic acids is 2. The maximum Gasteiger partial charge on any atom is 0.339 e. The number of hydrogen-bond donors (Lipinski definition) is 2. The molecule has 106 valence electrons. The van der Waals surface area contributed by atoms with Crippen LogP contribution in [0.25, 0.3) is 0 Å². The summed E-state index contributed by atoms with van der Waals surface area (Å²) in [5, 5.41) is 2.65. The summed E-state index contributed by atoms with van der Waals surface area (Å²) in [5.74, 6) is -0.368. The Bertz CT molecular complexity index is 480. The molecule has 0 atom stereocenters. The van der Waals surface area contributed by atoms with Crippen molar-refractivity contribution in [3.63, 3.8) is 0 Å². The molecule has 2 amide bonds. The predicted molar refractivity (Wildman–Crippen MR) is 75.4 cm³/mol. The highest BCUT2D eigenvalue weighted by Gasteiger charge is 2.30. The van der Waals surface area contributed by atoms with E-state index in [-0.39, 0.29) is 5.97 Å². The second-order valence-corrected chi connectivity index (χ2v) is 5.78. The molecule has 0 aliphatic rings. The number of primary amides is 1. The highest BCUT2D eigenvalue weighted by Crippen LogP contribution is 2.33. The van der Waals surface area contributed by atoms with Crippen LogP contribution in [0.15, 0.2) is 6.07 Å².